The average Bonchev–Trinajstić information content (AvgIpc) is 2.92. The van der Waals surface area contributed by atoms with E-state index in [9.17, 15) is 19.7 Å². The number of nitro groups is 1. The molecule has 2 N–H and O–H groups in total. The average molecular weight is 277 g/mol. The fourth-order valence-electron chi connectivity index (χ4n) is 1.45. The van der Waals surface area contributed by atoms with Crippen LogP contribution in [0, 0.1) is 10.1 Å². The Morgan fingerprint density at radius 2 is 2.10 bits per heavy atom. The Labute approximate surface area is 111 Å². The predicted octanol–water partition coefficient (Wildman–Crippen LogP) is 1.53. The molecule has 0 saturated heterocycles. The Morgan fingerprint density at radius 1 is 1.35 bits per heavy atom. The van der Waals surface area contributed by atoms with Gasteiger partial charge in [0.1, 0.15) is 0 Å². The minimum atomic E-state index is -1.33. The minimum Gasteiger partial charge on any atom is -0.478 e. The zero-order chi connectivity index (χ0) is 14.7. The maximum Gasteiger partial charge on any atom is 0.337 e. The second-order valence-electron chi connectivity index (χ2n) is 3.62. The molecule has 20 heavy (non-hydrogen) atoms. The SMILES string of the molecule is O=C(Nc1cc([N+](=O)[O-])ccc1C(=O)O)c1ccno1. The lowest BCUT2D eigenvalue weighted by molar-refractivity contribution is -0.384. The zero-order valence-electron chi connectivity index (χ0n) is 9.77. The number of anilines is 1. The van der Waals surface area contributed by atoms with E-state index < -0.39 is 16.8 Å². The van der Waals surface area contributed by atoms with Gasteiger partial charge in [-0.2, -0.15) is 0 Å². The lowest BCUT2D eigenvalue weighted by atomic mass is 10.1. The Hall–Kier alpha value is -3.23. The molecule has 0 spiro atoms. The maximum absolute atomic E-state index is 11.7. The van der Waals surface area contributed by atoms with Crippen LogP contribution in [0.2, 0.25) is 0 Å². The van der Waals surface area contributed by atoms with E-state index in [0.717, 1.165) is 18.2 Å². The molecule has 2 aromatic rings. The summed E-state index contributed by atoms with van der Waals surface area (Å²) in [7, 11) is 0. The Morgan fingerprint density at radius 3 is 2.65 bits per heavy atom. The second-order valence-corrected chi connectivity index (χ2v) is 3.62. The molecule has 1 heterocycles. The topological polar surface area (TPSA) is 136 Å². The number of benzene rings is 1. The molecular weight excluding hydrogens is 270 g/mol. The minimum absolute atomic E-state index is 0.146. The van der Waals surface area contributed by atoms with Crippen LogP contribution in [-0.2, 0) is 0 Å². The van der Waals surface area contributed by atoms with Gasteiger partial charge in [0.15, 0.2) is 0 Å². The van der Waals surface area contributed by atoms with Gasteiger partial charge < -0.3 is 14.9 Å². The highest BCUT2D eigenvalue weighted by Crippen LogP contribution is 2.23. The number of aromatic carboxylic acids is 1. The number of nitrogens with zero attached hydrogens (tertiary/aromatic N) is 2. The number of rotatable bonds is 4. The Kier molecular flexibility index (Phi) is 3.42. The highest BCUT2D eigenvalue weighted by atomic mass is 16.6. The summed E-state index contributed by atoms with van der Waals surface area (Å²) < 4.78 is 4.60. The van der Waals surface area contributed by atoms with Crippen molar-refractivity contribution in [1.82, 2.24) is 5.16 Å². The van der Waals surface area contributed by atoms with Crippen molar-refractivity contribution >= 4 is 23.3 Å². The normalized spacial score (nSPS) is 10.0. The second kappa shape index (κ2) is 5.18. The van der Waals surface area contributed by atoms with E-state index in [2.05, 4.69) is 15.0 Å². The number of carbonyl (C=O) groups excluding carboxylic acids is 1. The number of carboxylic acids is 1. The van der Waals surface area contributed by atoms with Crippen LogP contribution >= 0.6 is 0 Å². The molecule has 0 bridgehead atoms. The van der Waals surface area contributed by atoms with Crippen LogP contribution in [0.1, 0.15) is 20.9 Å². The summed E-state index contributed by atoms with van der Waals surface area (Å²) in [6, 6.07) is 4.30. The molecule has 9 heteroatoms. The molecular formula is C11H7N3O6. The summed E-state index contributed by atoms with van der Waals surface area (Å²) in [5.74, 6) is -2.23. The van der Waals surface area contributed by atoms with Crippen LogP contribution < -0.4 is 5.32 Å². The molecule has 1 aromatic carbocycles. The number of aromatic nitrogens is 1. The molecule has 0 unspecified atom stereocenters. The summed E-state index contributed by atoms with van der Waals surface area (Å²) in [4.78, 5) is 32.7. The van der Waals surface area contributed by atoms with Crippen molar-refractivity contribution in [3.8, 4) is 0 Å². The standard InChI is InChI=1S/C11H7N3O6/c15-10(9-3-4-12-20-9)13-8-5-6(14(18)19)1-2-7(8)11(16)17/h1-5H,(H,13,15)(H,16,17). The van der Waals surface area contributed by atoms with E-state index in [1.807, 2.05) is 0 Å². The molecule has 0 radical (unpaired) electrons. The molecule has 0 aliphatic carbocycles. The van der Waals surface area contributed by atoms with Crippen LogP contribution in [0.25, 0.3) is 0 Å². The van der Waals surface area contributed by atoms with Crippen LogP contribution in [0.3, 0.4) is 0 Å². The van der Waals surface area contributed by atoms with Gasteiger partial charge in [0.25, 0.3) is 11.6 Å². The number of hydrogen-bond acceptors (Lipinski definition) is 6. The van der Waals surface area contributed by atoms with Gasteiger partial charge in [-0.15, -0.1) is 0 Å². The van der Waals surface area contributed by atoms with Gasteiger partial charge in [-0.3, -0.25) is 14.9 Å². The van der Waals surface area contributed by atoms with Gasteiger partial charge in [0.2, 0.25) is 5.76 Å². The van der Waals surface area contributed by atoms with Crippen molar-refractivity contribution in [3.05, 3.63) is 51.9 Å². The number of hydrogen-bond donors (Lipinski definition) is 2. The quantitative estimate of drug-likeness (QED) is 0.638. The fraction of sp³-hybridized carbons (Fsp3) is 0. The first-order valence-electron chi connectivity index (χ1n) is 5.23. The van der Waals surface area contributed by atoms with Crippen LogP contribution in [0.4, 0.5) is 11.4 Å². The highest BCUT2D eigenvalue weighted by molar-refractivity contribution is 6.06. The zero-order valence-corrected chi connectivity index (χ0v) is 9.77. The third-order valence-electron chi connectivity index (χ3n) is 2.35. The smallest absolute Gasteiger partial charge is 0.337 e. The van der Waals surface area contributed by atoms with E-state index >= 15 is 0 Å². The lowest BCUT2D eigenvalue weighted by Crippen LogP contribution is -2.14. The third kappa shape index (κ3) is 2.61. The van der Waals surface area contributed by atoms with E-state index in [4.69, 9.17) is 5.11 Å². The van der Waals surface area contributed by atoms with Crippen LogP contribution in [0.15, 0.2) is 35.0 Å². The van der Waals surface area contributed by atoms with Crippen LogP contribution in [0.5, 0.6) is 0 Å². The van der Waals surface area contributed by atoms with Crippen molar-refractivity contribution in [1.29, 1.82) is 0 Å². The summed E-state index contributed by atoms with van der Waals surface area (Å²) >= 11 is 0. The van der Waals surface area contributed by atoms with E-state index in [-0.39, 0.29) is 22.7 Å². The number of nitrogens with one attached hydrogen (secondary N) is 1. The summed E-state index contributed by atoms with van der Waals surface area (Å²) in [6.07, 6.45) is 1.24. The molecule has 2 rings (SSSR count). The lowest BCUT2D eigenvalue weighted by Gasteiger charge is -2.06. The predicted molar refractivity (Wildman–Crippen MR) is 64.5 cm³/mol. The first-order chi connectivity index (χ1) is 9.49. The number of nitro benzene ring substituents is 1. The molecule has 0 atom stereocenters. The van der Waals surface area contributed by atoms with Gasteiger partial charge in [0, 0.05) is 18.2 Å². The Bertz CT molecular complexity index is 679. The largest absolute Gasteiger partial charge is 0.478 e. The van der Waals surface area contributed by atoms with Gasteiger partial charge in [-0.25, -0.2) is 4.79 Å². The summed E-state index contributed by atoms with van der Waals surface area (Å²) in [6.45, 7) is 0. The molecule has 0 fully saturated rings. The van der Waals surface area contributed by atoms with Gasteiger partial charge in [-0.05, 0) is 6.07 Å². The van der Waals surface area contributed by atoms with Crippen LogP contribution in [-0.4, -0.2) is 27.1 Å². The van der Waals surface area contributed by atoms with E-state index in [1.165, 1.54) is 12.3 Å². The number of non-ortho nitro benzene ring substituents is 1. The molecule has 102 valence electrons. The molecule has 0 aliphatic rings. The molecule has 1 aromatic heterocycles. The number of amides is 1. The Balaban J connectivity index is 2.37. The summed E-state index contributed by atoms with van der Waals surface area (Å²) in [5.41, 5.74) is -0.820. The first-order valence-corrected chi connectivity index (χ1v) is 5.23. The van der Waals surface area contributed by atoms with Crippen molar-refractivity contribution in [3.63, 3.8) is 0 Å². The monoisotopic (exact) mass is 277 g/mol. The molecule has 0 aliphatic heterocycles. The van der Waals surface area contributed by atoms with Crippen molar-refractivity contribution < 1.29 is 24.1 Å². The first kappa shape index (κ1) is 13.2. The highest BCUT2D eigenvalue weighted by Gasteiger charge is 2.19. The third-order valence-corrected chi connectivity index (χ3v) is 2.35. The summed E-state index contributed by atoms with van der Waals surface area (Å²) in [5, 5.41) is 25.2. The van der Waals surface area contributed by atoms with Gasteiger partial charge >= 0.3 is 5.97 Å². The number of carboxylic acid groups (broad SMARTS) is 1. The van der Waals surface area contributed by atoms with E-state index in [1.54, 1.807) is 0 Å². The molecule has 0 saturated carbocycles. The molecule has 1 amide bonds. The van der Waals surface area contributed by atoms with E-state index in [0.29, 0.717) is 0 Å². The fourth-order valence-corrected chi connectivity index (χ4v) is 1.45. The molecule has 9 nitrogen and oxygen atoms in total. The number of carbonyl (C=O) groups is 2. The van der Waals surface area contributed by atoms with Crippen molar-refractivity contribution in [2.45, 2.75) is 0 Å². The van der Waals surface area contributed by atoms with Gasteiger partial charge in [0.05, 0.1) is 22.4 Å². The van der Waals surface area contributed by atoms with Gasteiger partial charge in [-0.1, -0.05) is 5.16 Å². The van der Waals surface area contributed by atoms with Crippen molar-refractivity contribution in [2.24, 2.45) is 0 Å². The van der Waals surface area contributed by atoms with Crippen molar-refractivity contribution in [2.75, 3.05) is 5.32 Å². The maximum atomic E-state index is 11.7.